The van der Waals surface area contributed by atoms with Gasteiger partial charge in [-0.25, -0.2) is 0 Å². The minimum atomic E-state index is -0.630. The topological polar surface area (TPSA) is 40.5 Å². The summed E-state index contributed by atoms with van der Waals surface area (Å²) in [6.07, 6.45) is 1.75. The smallest absolute Gasteiger partial charge is 0.308 e. The van der Waals surface area contributed by atoms with E-state index in [1.165, 1.54) is 0 Å². The highest BCUT2D eigenvalue weighted by molar-refractivity contribution is 5.71. The molecule has 0 spiro atoms. The van der Waals surface area contributed by atoms with Gasteiger partial charge in [0.1, 0.15) is 0 Å². The zero-order valence-electron chi connectivity index (χ0n) is 8.66. The van der Waals surface area contributed by atoms with Crippen molar-refractivity contribution in [1.82, 2.24) is 4.90 Å². The lowest BCUT2D eigenvalue weighted by molar-refractivity contribution is -0.142. The molecule has 3 heteroatoms. The summed E-state index contributed by atoms with van der Waals surface area (Å²) in [4.78, 5) is 13.2. The second-order valence-corrected chi connectivity index (χ2v) is 4.04. The van der Waals surface area contributed by atoms with E-state index in [-0.39, 0.29) is 12.0 Å². The highest BCUT2D eigenvalue weighted by Crippen LogP contribution is 2.28. The number of hydrogen-bond acceptors (Lipinski definition) is 2. The highest BCUT2D eigenvalue weighted by atomic mass is 16.4. The van der Waals surface area contributed by atoms with Gasteiger partial charge in [0.2, 0.25) is 0 Å². The van der Waals surface area contributed by atoms with Crippen LogP contribution in [0.3, 0.4) is 0 Å². The predicted molar refractivity (Wildman–Crippen MR) is 51.7 cm³/mol. The van der Waals surface area contributed by atoms with Gasteiger partial charge in [-0.2, -0.15) is 0 Å². The SMILES string of the molecule is CCC1C(C(=O)O)CCN1C(C)C. The minimum absolute atomic E-state index is 0.146. The zero-order valence-corrected chi connectivity index (χ0v) is 8.66. The molecule has 0 radical (unpaired) electrons. The number of carboxylic acid groups (broad SMARTS) is 1. The second kappa shape index (κ2) is 4.09. The molecule has 0 saturated carbocycles. The summed E-state index contributed by atoms with van der Waals surface area (Å²) in [5.74, 6) is -0.776. The van der Waals surface area contributed by atoms with Crippen molar-refractivity contribution in [3.63, 3.8) is 0 Å². The maximum absolute atomic E-state index is 10.9. The lowest BCUT2D eigenvalue weighted by Gasteiger charge is -2.29. The lowest BCUT2D eigenvalue weighted by Crippen LogP contribution is -2.39. The molecule has 1 aliphatic heterocycles. The van der Waals surface area contributed by atoms with Crippen LogP contribution in [-0.4, -0.2) is 34.6 Å². The Morgan fingerprint density at radius 3 is 2.62 bits per heavy atom. The summed E-state index contributed by atoms with van der Waals surface area (Å²) in [5, 5.41) is 8.99. The lowest BCUT2D eigenvalue weighted by atomic mass is 9.98. The van der Waals surface area contributed by atoms with Gasteiger partial charge >= 0.3 is 5.97 Å². The van der Waals surface area contributed by atoms with E-state index in [2.05, 4.69) is 25.7 Å². The molecule has 3 nitrogen and oxygen atoms in total. The van der Waals surface area contributed by atoms with Gasteiger partial charge in [-0.1, -0.05) is 6.92 Å². The number of hydrogen-bond donors (Lipinski definition) is 1. The Kier molecular flexibility index (Phi) is 3.31. The van der Waals surface area contributed by atoms with Crippen molar-refractivity contribution in [2.45, 2.75) is 45.7 Å². The van der Waals surface area contributed by atoms with E-state index >= 15 is 0 Å². The number of aliphatic carboxylic acids is 1. The Bertz CT molecular complexity index is 191. The molecule has 0 aromatic rings. The minimum Gasteiger partial charge on any atom is -0.481 e. The van der Waals surface area contributed by atoms with E-state index < -0.39 is 5.97 Å². The molecule has 0 aliphatic carbocycles. The van der Waals surface area contributed by atoms with Gasteiger partial charge in [0, 0.05) is 12.1 Å². The molecule has 2 atom stereocenters. The van der Waals surface area contributed by atoms with Crippen LogP contribution in [0.15, 0.2) is 0 Å². The molecule has 0 aromatic heterocycles. The van der Waals surface area contributed by atoms with E-state index in [9.17, 15) is 4.79 Å². The Morgan fingerprint density at radius 2 is 2.23 bits per heavy atom. The molecular weight excluding hydrogens is 166 g/mol. The molecule has 13 heavy (non-hydrogen) atoms. The van der Waals surface area contributed by atoms with Crippen LogP contribution in [0.1, 0.15) is 33.6 Å². The summed E-state index contributed by atoms with van der Waals surface area (Å²) in [7, 11) is 0. The monoisotopic (exact) mass is 185 g/mol. The first kappa shape index (κ1) is 10.5. The molecule has 1 N–H and O–H groups in total. The van der Waals surface area contributed by atoms with Gasteiger partial charge in [0.25, 0.3) is 0 Å². The van der Waals surface area contributed by atoms with Crippen LogP contribution in [0.5, 0.6) is 0 Å². The molecule has 2 unspecified atom stereocenters. The van der Waals surface area contributed by atoms with Crippen LogP contribution in [0, 0.1) is 5.92 Å². The molecule has 0 aromatic carbocycles. The Balaban J connectivity index is 2.68. The van der Waals surface area contributed by atoms with Crippen LogP contribution in [0.25, 0.3) is 0 Å². The fourth-order valence-corrected chi connectivity index (χ4v) is 2.33. The van der Waals surface area contributed by atoms with Gasteiger partial charge in [0.05, 0.1) is 5.92 Å². The first-order valence-electron chi connectivity index (χ1n) is 5.06. The number of carbonyl (C=O) groups is 1. The first-order chi connectivity index (χ1) is 6.07. The van der Waals surface area contributed by atoms with Gasteiger partial charge in [-0.3, -0.25) is 9.69 Å². The van der Waals surface area contributed by atoms with Gasteiger partial charge in [-0.05, 0) is 33.2 Å². The third-order valence-electron chi connectivity index (χ3n) is 2.99. The second-order valence-electron chi connectivity index (χ2n) is 4.04. The van der Waals surface area contributed by atoms with E-state index in [0.29, 0.717) is 6.04 Å². The number of rotatable bonds is 3. The van der Waals surface area contributed by atoms with Crippen molar-refractivity contribution in [3.8, 4) is 0 Å². The fourth-order valence-electron chi connectivity index (χ4n) is 2.33. The van der Waals surface area contributed by atoms with Crippen LogP contribution in [0.4, 0.5) is 0 Å². The molecule has 0 bridgehead atoms. The van der Waals surface area contributed by atoms with E-state index in [1.807, 2.05) is 0 Å². The summed E-state index contributed by atoms with van der Waals surface area (Å²) in [6.45, 7) is 7.27. The predicted octanol–water partition coefficient (Wildman–Crippen LogP) is 1.58. The van der Waals surface area contributed by atoms with Gasteiger partial charge < -0.3 is 5.11 Å². The largest absolute Gasteiger partial charge is 0.481 e. The van der Waals surface area contributed by atoms with Gasteiger partial charge in [0.15, 0.2) is 0 Å². The summed E-state index contributed by atoms with van der Waals surface area (Å²) in [6, 6.07) is 0.715. The molecule has 1 heterocycles. The molecular formula is C10H19NO2. The third-order valence-corrected chi connectivity index (χ3v) is 2.99. The Morgan fingerprint density at radius 1 is 1.62 bits per heavy atom. The van der Waals surface area contributed by atoms with E-state index in [1.54, 1.807) is 0 Å². The highest BCUT2D eigenvalue weighted by Gasteiger charge is 2.38. The van der Waals surface area contributed by atoms with Crippen LogP contribution in [-0.2, 0) is 4.79 Å². The Labute approximate surface area is 79.7 Å². The van der Waals surface area contributed by atoms with Crippen molar-refractivity contribution in [3.05, 3.63) is 0 Å². The summed E-state index contributed by atoms with van der Waals surface area (Å²) < 4.78 is 0. The van der Waals surface area contributed by atoms with Crippen LogP contribution >= 0.6 is 0 Å². The normalized spacial score (nSPS) is 29.8. The maximum atomic E-state index is 10.9. The van der Waals surface area contributed by atoms with Crippen molar-refractivity contribution < 1.29 is 9.90 Å². The van der Waals surface area contributed by atoms with Gasteiger partial charge in [-0.15, -0.1) is 0 Å². The average Bonchev–Trinajstić information content (AvgIpc) is 2.46. The number of likely N-dealkylation sites (tertiary alicyclic amines) is 1. The van der Waals surface area contributed by atoms with Crippen molar-refractivity contribution in [2.75, 3.05) is 6.54 Å². The molecule has 1 aliphatic rings. The third kappa shape index (κ3) is 2.02. The fraction of sp³-hybridized carbons (Fsp3) is 0.900. The van der Waals surface area contributed by atoms with Crippen molar-refractivity contribution >= 4 is 5.97 Å². The maximum Gasteiger partial charge on any atom is 0.308 e. The molecule has 0 amide bonds. The van der Waals surface area contributed by atoms with Crippen LogP contribution in [0.2, 0.25) is 0 Å². The van der Waals surface area contributed by atoms with Crippen molar-refractivity contribution in [2.24, 2.45) is 5.92 Å². The molecule has 76 valence electrons. The van der Waals surface area contributed by atoms with E-state index in [0.717, 1.165) is 19.4 Å². The summed E-state index contributed by atoms with van der Waals surface area (Å²) in [5.41, 5.74) is 0. The quantitative estimate of drug-likeness (QED) is 0.725. The molecule has 1 rings (SSSR count). The standard InChI is InChI=1S/C10H19NO2/c1-4-9-8(10(12)13)5-6-11(9)7(2)3/h7-9H,4-6H2,1-3H3,(H,12,13). The van der Waals surface area contributed by atoms with Crippen LogP contribution < -0.4 is 0 Å². The number of nitrogens with zero attached hydrogens (tertiary/aromatic N) is 1. The molecule has 1 saturated heterocycles. The van der Waals surface area contributed by atoms with Crippen molar-refractivity contribution in [1.29, 1.82) is 0 Å². The zero-order chi connectivity index (χ0) is 10.0. The average molecular weight is 185 g/mol. The Hall–Kier alpha value is -0.570. The van der Waals surface area contributed by atoms with E-state index in [4.69, 9.17) is 5.11 Å². The summed E-state index contributed by atoms with van der Waals surface area (Å²) >= 11 is 0. The molecule has 1 fully saturated rings. The first-order valence-corrected chi connectivity index (χ1v) is 5.06. The number of carboxylic acids is 1.